The lowest BCUT2D eigenvalue weighted by Gasteiger charge is -2.18. The fourth-order valence-electron chi connectivity index (χ4n) is 1.76. The summed E-state index contributed by atoms with van der Waals surface area (Å²) in [6.45, 7) is 2.00. The molecule has 0 aliphatic heterocycles. The maximum absolute atomic E-state index is 7.64. The maximum atomic E-state index is 7.64. The number of benzene rings is 2. The summed E-state index contributed by atoms with van der Waals surface area (Å²) in [5.41, 5.74) is 7.61. The normalized spacial score (nSPS) is 11.8. The zero-order chi connectivity index (χ0) is 13.0. The first kappa shape index (κ1) is 12.2. The molecule has 0 saturated carbocycles. The van der Waals surface area contributed by atoms with Crippen molar-refractivity contribution in [1.82, 2.24) is 0 Å². The van der Waals surface area contributed by atoms with Crippen molar-refractivity contribution in [2.45, 2.75) is 13.0 Å². The molecule has 3 heteroatoms. The standard InChI is InChI=1S/C15H16N2O/c1-11-6-5-9-13(10-11)18-14(15(16)17)12-7-3-2-4-8-12/h2-10,14H,1H3,(H3,16,17). The Bertz CT molecular complexity index is 537. The first-order valence-corrected chi connectivity index (χ1v) is 5.79. The highest BCUT2D eigenvalue weighted by atomic mass is 16.5. The van der Waals surface area contributed by atoms with Gasteiger partial charge < -0.3 is 10.5 Å². The van der Waals surface area contributed by atoms with Crippen molar-refractivity contribution in [2.75, 3.05) is 0 Å². The van der Waals surface area contributed by atoms with Crippen LogP contribution in [-0.2, 0) is 0 Å². The number of nitrogens with one attached hydrogen (secondary N) is 1. The van der Waals surface area contributed by atoms with Gasteiger partial charge in [-0.15, -0.1) is 0 Å². The Hall–Kier alpha value is -2.29. The minimum absolute atomic E-state index is 0.00251. The van der Waals surface area contributed by atoms with E-state index in [-0.39, 0.29) is 5.84 Å². The van der Waals surface area contributed by atoms with E-state index in [2.05, 4.69) is 0 Å². The molecule has 18 heavy (non-hydrogen) atoms. The van der Waals surface area contributed by atoms with Gasteiger partial charge in [-0.2, -0.15) is 0 Å². The Kier molecular flexibility index (Phi) is 3.63. The van der Waals surface area contributed by atoms with Crippen molar-refractivity contribution < 1.29 is 4.74 Å². The molecule has 0 saturated heterocycles. The summed E-state index contributed by atoms with van der Waals surface area (Å²) in [5, 5.41) is 7.64. The molecular weight excluding hydrogens is 224 g/mol. The third-order valence-electron chi connectivity index (χ3n) is 2.63. The van der Waals surface area contributed by atoms with Crippen LogP contribution in [0.2, 0.25) is 0 Å². The van der Waals surface area contributed by atoms with E-state index in [4.69, 9.17) is 15.9 Å². The van der Waals surface area contributed by atoms with E-state index in [9.17, 15) is 0 Å². The van der Waals surface area contributed by atoms with Crippen molar-refractivity contribution in [1.29, 1.82) is 5.41 Å². The fraction of sp³-hybridized carbons (Fsp3) is 0.133. The average Bonchev–Trinajstić information content (AvgIpc) is 2.37. The summed E-state index contributed by atoms with van der Waals surface area (Å²) in [6, 6.07) is 17.3. The van der Waals surface area contributed by atoms with Gasteiger partial charge in [0.2, 0.25) is 0 Å². The first-order chi connectivity index (χ1) is 8.66. The van der Waals surface area contributed by atoms with Crippen LogP contribution in [0.1, 0.15) is 17.2 Å². The molecule has 0 heterocycles. The van der Waals surface area contributed by atoms with Crippen molar-refractivity contribution in [3.05, 3.63) is 65.7 Å². The fourth-order valence-corrected chi connectivity index (χ4v) is 1.76. The van der Waals surface area contributed by atoms with E-state index in [1.165, 1.54) is 0 Å². The number of rotatable bonds is 4. The molecule has 0 aromatic heterocycles. The molecule has 3 N–H and O–H groups in total. The molecule has 1 atom stereocenters. The highest BCUT2D eigenvalue weighted by molar-refractivity contribution is 5.83. The minimum atomic E-state index is -0.534. The maximum Gasteiger partial charge on any atom is 0.180 e. The van der Waals surface area contributed by atoms with Gasteiger partial charge in [-0.3, -0.25) is 5.41 Å². The summed E-state index contributed by atoms with van der Waals surface area (Å²) in [5.74, 6) is 0.724. The quantitative estimate of drug-likeness (QED) is 0.637. The van der Waals surface area contributed by atoms with Gasteiger partial charge in [0.05, 0.1) is 0 Å². The average molecular weight is 240 g/mol. The van der Waals surface area contributed by atoms with Crippen LogP contribution in [0.5, 0.6) is 5.75 Å². The van der Waals surface area contributed by atoms with Crippen LogP contribution in [0, 0.1) is 12.3 Å². The number of hydrogen-bond acceptors (Lipinski definition) is 2. The lowest BCUT2D eigenvalue weighted by atomic mass is 10.1. The Balaban J connectivity index is 2.25. The molecule has 2 aromatic rings. The van der Waals surface area contributed by atoms with Crippen LogP contribution in [0.3, 0.4) is 0 Å². The largest absolute Gasteiger partial charge is 0.478 e. The summed E-state index contributed by atoms with van der Waals surface area (Å²) < 4.78 is 5.79. The lowest BCUT2D eigenvalue weighted by Crippen LogP contribution is -2.25. The van der Waals surface area contributed by atoms with E-state index in [0.29, 0.717) is 0 Å². The molecule has 92 valence electrons. The molecule has 3 nitrogen and oxygen atoms in total. The first-order valence-electron chi connectivity index (χ1n) is 5.79. The topological polar surface area (TPSA) is 59.1 Å². The third-order valence-corrected chi connectivity index (χ3v) is 2.63. The monoisotopic (exact) mass is 240 g/mol. The van der Waals surface area contributed by atoms with Crippen LogP contribution >= 0.6 is 0 Å². The molecular formula is C15H16N2O. The number of aryl methyl sites for hydroxylation is 1. The van der Waals surface area contributed by atoms with Gasteiger partial charge in [-0.25, -0.2) is 0 Å². The van der Waals surface area contributed by atoms with Crippen molar-refractivity contribution in [3.8, 4) is 5.75 Å². The Morgan fingerprint density at radius 3 is 2.44 bits per heavy atom. The molecule has 0 bridgehead atoms. The smallest absolute Gasteiger partial charge is 0.180 e. The number of hydrogen-bond donors (Lipinski definition) is 2. The highest BCUT2D eigenvalue weighted by Crippen LogP contribution is 2.22. The second-order valence-electron chi connectivity index (χ2n) is 4.18. The van der Waals surface area contributed by atoms with Gasteiger partial charge in [0, 0.05) is 0 Å². The van der Waals surface area contributed by atoms with Gasteiger partial charge in [0.1, 0.15) is 11.6 Å². The summed E-state index contributed by atoms with van der Waals surface area (Å²) in [6.07, 6.45) is -0.534. The zero-order valence-electron chi connectivity index (χ0n) is 10.3. The van der Waals surface area contributed by atoms with Crippen LogP contribution in [0.4, 0.5) is 0 Å². The predicted octanol–water partition coefficient (Wildman–Crippen LogP) is 3.05. The van der Waals surface area contributed by atoms with Gasteiger partial charge in [0.25, 0.3) is 0 Å². The molecule has 0 aliphatic carbocycles. The third kappa shape index (κ3) is 2.88. The summed E-state index contributed by atoms with van der Waals surface area (Å²) in [4.78, 5) is 0. The molecule has 0 spiro atoms. The highest BCUT2D eigenvalue weighted by Gasteiger charge is 2.16. The number of nitrogens with two attached hydrogens (primary N) is 1. The molecule has 2 aromatic carbocycles. The Labute approximate surface area is 107 Å². The van der Waals surface area contributed by atoms with Crippen molar-refractivity contribution in [2.24, 2.45) is 5.73 Å². The SMILES string of the molecule is Cc1cccc(OC(C(=N)N)c2ccccc2)c1. The van der Waals surface area contributed by atoms with E-state index < -0.39 is 6.10 Å². The van der Waals surface area contributed by atoms with E-state index >= 15 is 0 Å². The second-order valence-corrected chi connectivity index (χ2v) is 4.18. The van der Waals surface area contributed by atoms with Crippen molar-refractivity contribution in [3.63, 3.8) is 0 Å². The predicted molar refractivity (Wildman–Crippen MR) is 72.9 cm³/mol. The molecule has 0 fully saturated rings. The Morgan fingerprint density at radius 2 is 1.83 bits per heavy atom. The molecule has 0 amide bonds. The molecule has 2 rings (SSSR count). The Morgan fingerprint density at radius 1 is 1.11 bits per heavy atom. The molecule has 0 radical (unpaired) electrons. The minimum Gasteiger partial charge on any atom is -0.478 e. The summed E-state index contributed by atoms with van der Waals surface area (Å²) in [7, 11) is 0. The van der Waals surface area contributed by atoms with E-state index in [1.807, 2.05) is 61.5 Å². The van der Waals surface area contributed by atoms with Crippen LogP contribution in [0.15, 0.2) is 54.6 Å². The van der Waals surface area contributed by atoms with Gasteiger partial charge in [-0.1, -0.05) is 42.5 Å². The zero-order valence-corrected chi connectivity index (χ0v) is 10.3. The van der Waals surface area contributed by atoms with E-state index in [1.54, 1.807) is 0 Å². The van der Waals surface area contributed by atoms with Crippen LogP contribution in [0.25, 0.3) is 0 Å². The van der Waals surface area contributed by atoms with Crippen molar-refractivity contribution >= 4 is 5.84 Å². The molecule has 1 unspecified atom stereocenters. The van der Waals surface area contributed by atoms with Crippen LogP contribution < -0.4 is 10.5 Å². The van der Waals surface area contributed by atoms with Gasteiger partial charge in [0.15, 0.2) is 6.10 Å². The van der Waals surface area contributed by atoms with Gasteiger partial charge >= 0.3 is 0 Å². The second kappa shape index (κ2) is 5.36. The number of ether oxygens (including phenoxy) is 1. The summed E-state index contributed by atoms with van der Waals surface area (Å²) >= 11 is 0. The van der Waals surface area contributed by atoms with Crippen LogP contribution in [-0.4, -0.2) is 5.84 Å². The van der Waals surface area contributed by atoms with E-state index in [0.717, 1.165) is 16.9 Å². The molecule has 0 aliphatic rings. The van der Waals surface area contributed by atoms with Gasteiger partial charge in [-0.05, 0) is 30.2 Å². The number of amidine groups is 1. The lowest BCUT2D eigenvalue weighted by molar-refractivity contribution is 0.271.